The Morgan fingerprint density at radius 1 is 0.434 bits per heavy atom. The third-order valence-corrected chi connectivity index (χ3v) is 17.3. The van der Waals surface area contributed by atoms with Crippen molar-refractivity contribution in [3.8, 4) is 26.3 Å². The Morgan fingerprint density at radius 3 is 1.29 bits per heavy atom. The molecule has 1 N–H and O–H groups in total. The van der Waals surface area contributed by atoms with Crippen molar-refractivity contribution in [1.82, 2.24) is 0 Å². The molecule has 0 spiro atoms. The number of rotatable bonds is 11. The summed E-state index contributed by atoms with van der Waals surface area (Å²) in [6, 6.07) is 69.4. The molecule has 7 aromatic carbocycles. The molecule has 6 heteroatoms. The van der Waals surface area contributed by atoms with Gasteiger partial charge in [0.25, 0.3) is 0 Å². The van der Waals surface area contributed by atoms with Crippen molar-refractivity contribution in [3.63, 3.8) is 0 Å². The molecule has 0 radical (unpaired) electrons. The van der Waals surface area contributed by atoms with Crippen LogP contribution in [0.3, 0.4) is 0 Å². The topological polar surface area (TPSA) is 64.3 Å². The molecular weight excluding hydrogens is 965 g/mol. The van der Waals surface area contributed by atoms with Crippen molar-refractivity contribution < 1.29 is 9.90 Å². The van der Waals surface area contributed by atoms with Gasteiger partial charge in [0.1, 0.15) is 11.6 Å². The van der Waals surface area contributed by atoms with E-state index in [1.807, 2.05) is 12.1 Å². The summed E-state index contributed by atoms with van der Waals surface area (Å²) in [4.78, 5) is 17.8. The molecule has 0 unspecified atom stereocenters. The molecule has 2 heterocycles. The van der Waals surface area contributed by atoms with E-state index in [2.05, 4.69) is 199 Å². The first kappa shape index (κ1) is 50.1. The van der Waals surface area contributed by atoms with Crippen LogP contribution >= 0.6 is 22.7 Å². The first-order valence-electron chi connectivity index (χ1n) is 26.8. The molecule has 0 atom stereocenters. The van der Waals surface area contributed by atoms with E-state index in [9.17, 15) is 15.2 Å². The van der Waals surface area contributed by atoms with Gasteiger partial charge in [-0.3, -0.25) is 0 Å². The van der Waals surface area contributed by atoms with Crippen LogP contribution < -0.4 is 4.90 Å². The Kier molecular flexibility index (Phi) is 15.6. The second-order valence-corrected chi connectivity index (χ2v) is 22.4. The predicted molar refractivity (Wildman–Crippen MR) is 321 cm³/mol. The number of aliphatic carboxylic acids is 1. The molecule has 8 aliphatic rings. The van der Waals surface area contributed by atoms with Crippen LogP contribution in [-0.4, -0.2) is 11.1 Å². The minimum Gasteiger partial charge on any atom is -0.477 e. The molecule has 0 saturated heterocycles. The number of nitriles is 1. The SMILES string of the molecule is N#C/C(=C\c1ccc(-c2ccc(-c3ccc(N(c4ccc(/C=C/c5cc6ccc5CCCc5ccc(cc5)CCC6)cc4)c4ccc(/C=C/c5cc6ccc5CCCc5ccc(cc5)CCC6)cc4)cc3)s2)s1)C(=O)O. The Bertz CT molecular complexity index is 3440. The summed E-state index contributed by atoms with van der Waals surface area (Å²) in [5.74, 6) is -1.22. The average molecular weight is 1030 g/mol. The highest BCUT2D eigenvalue weighted by molar-refractivity contribution is 7.24. The zero-order chi connectivity index (χ0) is 51.6. The second kappa shape index (κ2) is 23.6. The molecule has 8 bridgehead atoms. The van der Waals surface area contributed by atoms with E-state index in [-0.39, 0.29) is 5.57 Å². The van der Waals surface area contributed by atoms with Crippen LogP contribution in [0.15, 0.2) is 188 Å². The second-order valence-electron chi connectivity index (χ2n) is 20.2. The van der Waals surface area contributed by atoms with Gasteiger partial charge in [-0.25, -0.2) is 4.79 Å². The number of hydrogen-bond donors (Lipinski definition) is 1. The fraction of sp³-hybridized carbons (Fsp3) is 0.171. The first-order valence-corrected chi connectivity index (χ1v) is 28.4. The maximum atomic E-state index is 11.5. The molecule has 76 heavy (non-hydrogen) atoms. The van der Waals surface area contributed by atoms with E-state index in [1.54, 1.807) is 17.4 Å². The molecule has 0 aliphatic heterocycles. The first-order chi connectivity index (χ1) is 37.3. The third kappa shape index (κ3) is 12.4. The smallest absolute Gasteiger partial charge is 0.346 e. The van der Waals surface area contributed by atoms with Gasteiger partial charge in [0.2, 0.25) is 0 Å². The van der Waals surface area contributed by atoms with Gasteiger partial charge in [0, 0.05) is 36.6 Å². The molecule has 2 aromatic heterocycles. The van der Waals surface area contributed by atoms with Gasteiger partial charge in [-0.05, 0) is 216 Å². The molecule has 0 fully saturated rings. The van der Waals surface area contributed by atoms with Crippen molar-refractivity contribution in [2.75, 3.05) is 4.90 Å². The zero-order valence-corrected chi connectivity index (χ0v) is 44.4. The van der Waals surface area contributed by atoms with Gasteiger partial charge in [-0.1, -0.05) is 146 Å². The maximum absolute atomic E-state index is 11.5. The fourth-order valence-corrected chi connectivity index (χ4v) is 12.7. The number of carboxylic acid groups (broad SMARTS) is 1. The predicted octanol–water partition coefficient (Wildman–Crippen LogP) is 18.3. The lowest BCUT2D eigenvalue weighted by molar-refractivity contribution is -0.132. The highest BCUT2D eigenvalue weighted by Crippen LogP contribution is 2.41. The average Bonchev–Trinajstić information content (AvgIpc) is 4.15. The van der Waals surface area contributed by atoms with Gasteiger partial charge in [0.05, 0.1) is 0 Å². The largest absolute Gasteiger partial charge is 0.477 e. The molecule has 0 amide bonds. The summed E-state index contributed by atoms with van der Waals surface area (Å²) in [6.07, 6.45) is 23.8. The minimum absolute atomic E-state index is 0.274. The van der Waals surface area contributed by atoms with Gasteiger partial charge in [0.15, 0.2) is 0 Å². The number of carbonyl (C=O) groups is 1. The van der Waals surface area contributed by atoms with Gasteiger partial charge in [-0.15, -0.1) is 22.7 Å². The van der Waals surface area contributed by atoms with E-state index in [4.69, 9.17) is 0 Å². The number of thiophene rings is 2. The van der Waals surface area contributed by atoms with E-state index in [0.29, 0.717) is 0 Å². The molecular formula is C70H60N2O2S2. The number of hydrogen-bond acceptors (Lipinski definition) is 5. The lowest BCUT2D eigenvalue weighted by Crippen LogP contribution is -2.09. The van der Waals surface area contributed by atoms with Crippen LogP contribution in [0.2, 0.25) is 0 Å². The lowest BCUT2D eigenvalue weighted by Gasteiger charge is -2.26. The van der Waals surface area contributed by atoms with Crippen molar-refractivity contribution in [1.29, 1.82) is 5.26 Å². The Hall–Kier alpha value is -8.08. The summed E-state index contributed by atoms with van der Waals surface area (Å²) in [5.41, 5.74) is 20.3. The molecule has 9 aromatic rings. The minimum atomic E-state index is -1.22. The van der Waals surface area contributed by atoms with Crippen molar-refractivity contribution >= 4 is 76.1 Å². The molecule has 4 nitrogen and oxygen atoms in total. The Labute approximate surface area is 455 Å². The zero-order valence-electron chi connectivity index (χ0n) is 42.8. The van der Waals surface area contributed by atoms with Crippen LogP contribution in [0.1, 0.15) is 97.3 Å². The standard InChI is InChI=1S/C70H60N2O2S2/c71-48-62(70(73)74)47-66-41-42-68(75-66)69-44-43-67(76-69)59-33-39-65(40-34-59)72(63-35-25-53(26-36-63)21-31-60-45-55-9-1-5-49-13-17-51(18-14-49)7-3-11-57(60)29-23-55)64-37-27-54(28-38-64)22-32-61-46-56-10-2-6-50-15-19-52(20-16-50)8-4-12-58(61)30-24-56/h13-47H,1-12H2,(H,73,74)/b31-21+,32-22+,62-47+. The van der Waals surface area contributed by atoms with Crippen LogP contribution in [0, 0.1) is 11.3 Å². The quantitative estimate of drug-likeness (QED) is 0.0796. The van der Waals surface area contributed by atoms with E-state index >= 15 is 0 Å². The fourth-order valence-electron chi connectivity index (χ4n) is 10.6. The van der Waals surface area contributed by atoms with Gasteiger partial charge < -0.3 is 10.0 Å². The Balaban J connectivity index is 0.858. The van der Waals surface area contributed by atoms with Crippen LogP contribution in [0.4, 0.5) is 17.1 Å². The monoisotopic (exact) mass is 1020 g/mol. The van der Waals surface area contributed by atoms with Crippen molar-refractivity contribution in [3.05, 3.63) is 259 Å². The number of carboxylic acids is 1. The highest BCUT2D eigenvalue weighted by atomic mass is 32.1. The summed E-state index contributed by atoms with van der Waals surface area (Å²) in [5, 5.41) is 18.6. The number of benzene rings is 7. The number of anilines is 3. The van der Waals surface area contributed by atoms with Gasteiger partial charge >= 0.3 is 5.97 Å². The van der Waals surface area contributed by atoms with E-state index in [0.717, 1.165) is 130 Å². The number of aryl methyl sites for hydroxylation is 8. The molecule has 0 saturated carbocycles. The molecule has 17 rings (SSSR count). The summed E-state index contributed by atoms with van der Waals surface area (Å²) in [6.45, 7) is 0. The van der Waals surface area contributed by atoms with Crippen LogP contribution in [-0.2, 0) is 56.2 Å². The lowest BCUT2D eigenvalue weighted by atomic mass is 9.94. The summed E-state index contributed by atoms with van der Waals surface area (Å²) < 4.78 is 0. The summed E-state index contributed by atoms with van der Waals surface area (Å²) >= 11 is 3.18. The van der Waals surface area contributed by atoms with E-state index in [1.165, 1.54) is 73.0 Å². The van der Waals surface area contributed by atoms with Gasteiger partial charge in [-0.2, -0.15) is 5.26 Å². The van der Waals surface area contributed by atoms with Crippen LogP contribution in [0.25, 0.3) is 50.6 Å². The summed E-state index contributed by atoms with van der Waals surface area (Å²) in [7, 11) is 0. The van der Waals surface area contributed by atoms with Crippen molar-refractivity contribution in [2.45, 2.75) is 77.0 Å². The third-order valence-electron chi connectivity index (χ3n) is 14.9. The normalized spacial score (nSPS) is 14.0. The van der Waals surface area contributed by atoms with E-state index < -0.39 is 5.97 Å². The highest BCUT2D eigenvalue weighted by Gasteiger charge is 2.16. The number of nitrogens with zero attached hydrogens (tertiary/aromatic N) is 2. The molecule has 8 aliphatic carbocycles. The maximum Gasteiger partial charge on any atom is 0.346 e. The molecule has 374 valence electrons. The Morgan fingerprint density at radius 2 is 0.829 bits per heavy atom. The van der Waals surface area contributed by atoms with Crippen LogP contribution in [0.5, 0.6) is 0 Å². The van der Waals surface area contributed by atoms with Crippen molar-refractivity contribution in [2.24, 2.45) is 0 Å².